The van der Waals surface area contributed by atoms with Crippen LogP contribution in [0.4, 0.5) is 0 Å². The van der Waals surface area contributed by atoms with E-state index in [2.05, 4.69) is 37.5 Å². The molecule has 0 radical (unpaired) electrons. The Morgan fingerprint density at radius 2 is 1.58 bits per heavy atom. The quantitative estimate of drug-likeness (QED) is 0.661. The molecule has 0 aliphatic carbocycles. The molecule has 1 heterocycles. The van der Waals surface area contributed by atoms with Gasteiger partial charge in [-0.2, -0.15) is 0 Å². The number of ether oxygens (including phenoxy) is 1. The van der Waals surface area contributed by atoms with Crippen LogP contribution in [0, 0.1) is 11.8 Å². The van der Waals surface area contributed by atoms with Crippen LogP contribution in [0.3, 0.4) is 0 Å². The molecule has 0 bridgehead atoms. The van der Waals surface area contributed by atoms with Crippen LogP contribution in [0.5, 0.6) is 0 Å². The summed E-state index contributed by atoms with van der Waals surface area (Å²) in [6.45, 7) is 15.0. The SMILES string of the molecule is CC(C)CCOC(=O)CN1CCN(CC(C)C)CC1. The highest BCUT2D eigenvalue weighted by atomic mass is 16.5. The molecule has 112 valence electrons. The van der Waals surface area contributed by atoms with E-state index in [0.29, 0.717) is 25.0 Å². The predicted octanol–water partition coefficient (Wildman–Crippen LogP) is 1.85. The predicted molar refractivity (Wildman–Crippen MR) is 78.1 cm³/mol. The van der Waals surface area contributed by atoms with E-state index in [1.807, 2.05) is 0 Å². The largest absolute Gasteiger partial charge is 0.465 e. The third kappa shape index (κ3) is 7.53. The standard InChI is InChI=1S/C15H30N2O2/c1-13(2)5-10-19-15(18)12-17-8-6-16(7-9-17)11-14(3)4/h13-14H,5-12H2,1-4H3. The second-order valence-corrected chi connectivity index (χ2v) is 6.37. The lowest BCUT2D eigenvalue weighted by atomic mass is 10.1. The van der Waals surface area contributed by atoms with Gasteiger partial charge in [-0.25, -0.2) is 0 Å². The van der Waals surface area contributed by atoms with Gasteiger partial charge in [-0.15, -0.1) is 0 Å². The summed E-state index contributed by atoms with van der Waals surface area (Å²) >= 11 is 0. The highest BCUT2D eigenvalue weighted by Gasteiger charge is 2.19. The molecule has 1 aliphatic heterocycles. The molecule has 4 heteroatoms. The van der Waals surface area contributed by atoms with Gasteiger partial charge >= 0.3 is 5.97 Å². The molecule has 0 aromatic rings. The van der Waals surface area contributed by atoms with Crippen LogP contribution >= 0.6 is 0 Å². The molecule has 1 saturated heterocycles. The van der Waals surface area contributed by atoms with Crippen molar-refractivity contribution in [2.75, 3.05) is 45.9 Å². The van der Waals surface area contributed by atoms with Gasteiger partial charge in [0, 0.05) is 32.7 Å². The van der Waals surface area contributed by atoms with E-state index in [0.717, 1.165) is 39.1 Å². The number of esters is 1. The van der Waals surface area contributed by atoms with Gasteiger partial charge in [-0.05, 0) is 18.3 Å². The lowest BCUT2D eigenvalue weighted by molar-refractivity contribution is -0.145. The molecule has 0 spiro atoms. The fraction of sp³-hybridized carbons (Fsp3) is 0.933. The Bertz CT molecular complexity index is 259. The van der Waals surface area contributed by atoms with Gasteiger partial charge in [0.15, 0.2) is 0 Å². The highest BCUT2D eigenvalue weighted by molar-refractivity contribution is 5.71. The molecular weight excluding hydrogens is 240 g/mol. The molecule has 0 atom stereocenters. The summed E-state index contributed by atoms with van der Waals surface area (Å²) < 4.78 is 5.25. The Hall–Kier alpha value is -0.610. The second kappa shape index (κ2) is 8.54. The molecule has 0 aromatic carbocycles. The Balaban J connectivity index is 2.13. The van der Waals surface area contributed by atoms with Crippen molar-refractivity contribution in [2.45, 2.75) is 34.1 Å². The van der Waals surface area contributed by atoms with Gasteiger partial charge in [-0.3, -0.25) is 9.69 Å². The number of nitrogens with zero attached hydrogens (tertiary/aromatic N) is 2. The van der Waals surface area contributed by atoms with E-state index in [9.17, 15) is 4.79 Å². The second-order valence-electron chi connectivity index (χ2n) is 6.37. The minimum atomic E-state index is -0.0713. The Labute approximate surface area is 118 Å². The van der Waals surface area contributed by atoms with Crippen molar-refractivity contribution in [3.05, 3.63) is 0 Å². The first-order valence-corrected chi connectivity index (χ1v) is 7.57. The van der Waals surface area contributed by atoms with Gasteiger partial charge < -0.3 is 9.64 Å². The molecule has 1 rings (SSSR count). The number of carbonyl (C=O) groups excluding carboxylic acids is 1. The maximum Gasteiger partial charge on any atom is 0.320 e. The molecule has 0 amide bonds. The summed E-state index contributed by atoms with van der Waals surface area (Å²) in [7, 11) is 0. The topological polar surface area (TPSA) is 32.8 Å². The number of piperazine rings is 1. The lowest BCUT2D eigenvalue weighted by Gasteiger charge is -2.34. The van der Waals surface area contributed by atoms with Crippen LogP contribution in [-0.2, 0) is 9.53 Å². The zero-order valence-electron chi connectivity index (χ0n) is 13.0. The van der Waals surface area contributed by atoms with E-state index < -0.39 is 0 Å². The van der Waals surface area contributed by atoms with E-state index >= 15 is 0 Å². The van der Waals surface area contributed by atoms with Crippen molar-refractivity contribution in [3.8, 4) is 0 Å². The van der Waals surface area contributed by atoms with E-state index in [-0.39, 0.29) is 5.97 Å². The fourth-order valence-corrected chi connectivity index (χ4v) is 2.28. The van der Waals surface area contributed by atoms with Gasteiger partial charge in [0.25, 0.3) is 0 Å². The lowest BCUT2D eigenvalue weighted by Crippen LogP contribution is -2.48. The van der Waals surface area contributed by atoms with Crippen molar-refractivity contribution >= 4 is 5.97 Å². The first-order chi connectivity index (χ1) is 8.97. The summed E-state index contributed by atoms with van der Waals surface area (Å²) in [5.41, 5.74) is 0. The van der Waals surface area contributed by atoms with Crippen LogP contribution in [0.1, 0.15) is 34.1 Å². The van der Waals surface area contributed by atoms with Gasteiger partial charge in [-0.1, -0.05) is 27.7 Å². The van der Waals surface area contributed by atoms with Crippen molar-refractivity contribution in [2.24, 2.45) is 11.8 Å². The van der Waals surface area contributed by atoms with Crippen molar-refractivity contribution in [1.29, 1.82) is 0 Å². The minimum absolute atomic E-state index is 0.0713. The van der Waals surface area contributed by atoms with Crippen molar-refractivity contribution < 1.29 is 9.53 Å². The van der Waals surface area contributed by atoms with Crippen molar-refractivity contribution in [3.63, 3.8) is 0 Å². The molecule has 0 N–H and O–H groups in total. The number of hydrogen-bond acceptors (Lipinski definition) is 4. The first-order valence-electron chi connectivity index (χ1n) is 7.57. The Kier molecular flexibility index (Phi) is 7.39. The fourth-order valence-electron chi connectivity index (χ4n) is 2.28. The van der Waals surface area contributed by atoms with E-state index in [4.69, 9.17) is 4.74 Å². The van der Waals surface area contributed by atoms with Crippen LogP contribution in [0.25, 0.3) is 0 Å². The number of carbonyl (C=O) groups is 1. The average molecular weight is 270 g/mol. The van der Waals surface area contributed by atoms with Crippen molar-refractivity contribution in [1.82, 2.24) is 9.80 Å². The number of rotatable bonds is 7. The van der Waals surface area contributed by atoms with Crippen LogP contribution in [-0.4, -0.2) is 61.6 Å². The van der Waals surface area contributed by atoms with Gasteiger partial charge in [0.2, 0.25) is 0 Å². The highest BCUT2D eigenvalue weighted by Crippen LogP contribution is 2.05. The summed E-state index contributed by atoms with van der Waals surface area (Å²) in [4.78, 5) is 16.4. The zero-order chi connectivity index (χ0) is 14.3. The van der Waals surface area contributed by atoms with Gasteiger partial charge in [0.1, 0.15) is 0 Å². The molecule has 0 unspecified atom stereocenters. The van der Waals surface area contributed by atoms with Crippen LogP contribution in [0.2, 0.25) is 0 Å². The Morgan fingerprint density at radius 3 is 2.11 bits per heavy atom. The Morgan fingerprint density at radius 1 is 1.00 bits per heavy atom. The van der Waals surface area contributed by atoms with Crippen LogP contribution in [0.15, 0.2) is 0 Å². The summed E-state index contributed by atoms with van der Waals surface area (Å²) in [5.74, 6) is 1.23. The molecular formula is C15H30N2O2. The zero-order valence-corrected chi connectivity index (χ0v) is 13.0. The third-order valence-corrected chi connectivity index (χ3v) is 3.40. The summed E-state index contributed by atoms with van der Waals surface area (Å²) in [6, 6.07) is 0. The number of hydrogen-bond donors (Lipinski definition) is 0. The molecule has 1 fully saturated rings. The smallest absolute Gasteiger partial charge is 0.320 e. The maximum atomic E-state index is 11.7. The molecule has 0 aromatic heterocycles. The van der Waals surface area contributed by atoms with Gasteiger partial charge in [0.05, 0.1) is 13.2 Å². The normalized spacial score (nSPS) is 18.2. The summed E-state index contributed by atoms with van der Waals surface area (Å²) in [6.07, 6.45) is 0.952. The minimum Gasteiger partial charge on any atom is -0.465 e. The average Bonchev–Trinajstić information content (AvgIpc) is 2.30. The molecule has 4 nitrogen and oxygen atoms in total. The van der Waals surface area contributed by atoms with E-state index in [1.165, 1.54) is 0 Å². The molecule has 1 aliphatic rings. The molecule has 0 saturated carbocycles. The van der Waals surface area contributed by atoms with Crippen LogP contribution < -0.4 is 0 Å². The third-order valence-electron chi connectivity index (χ3n) is 3.40. The molecule has 19 heavy (non-hydrogen) atoms. The monoisotopic (exact) mass is 270 g/mol. The maximum absolute atomic E-state index is 11.7. The summed E-state index contributed by atoms with van der Waals surface area (Å²) in [5, 5.41) is 0. The first kappa shape index (κ1) is 16.4. The van der Waals surface area contributed by atoms with E-state index in [1.54, 1.807) is 0 Å².